The van der Waals surface area contributed by atoms with Gasteiger partial charge in [0.2, 0.25) is 10.0 Å². The van der Waals surface area contributed by atoms with Crippen LogP contribution in [0.3, 0.4) is 0 Å². The molecule has 8 nitrogen and oxygen atoms in total. The van der Waals surface area contributed by atoms with Crippen LogP contribution in [0.2, 0.25) is 0 Å². The van der Waals surface area contributed by atoms with E-state index in [1.165, 1.54) is 31.2 Å². The first-order chi connectivity index (χ1) is 14.0. The Morgan fingerprint density at radius 2 is 1.77 bits per heavy atom. The van der Waals surface area contributed by atoms with E-state index in [1.54, 1.807) is 26.0 Å². The van der Waals surface area contributed by atoms with Crippen molar-refractivity contribution in [3.05, 3.63) is 59.4 Å². The number of carbonyl (C=O) groups is 2. The predicted molar refractivity (Wildman–Crippen MR) is 108 cm³/mol. The lowest BCUT2D eigenvalue weighted by Gasteiger charge is -2.20. The molecule has 0 spiro atoms. The highest BCUT2D eigenvalue weighted by molar-refractivity contribution is 7.89. The van der Waals surface area contributed by atoms with Crippen LogP contribution in [0.25, 0.3) is 0 Å². The van der Waals surface area contributed by atoms with Crippen LogP contribution in [0.4, 0.5) is 10.1 Å². The van der Waals surface area contributed by atoms with E-state index in [2.05, 4.69) is 10.0 Å². The Bertz CT molecular complexity index is 1020. The van der Waals surface area contributed by atoms with Gasteiger partial charge in [-0.05, 0) is 50.6 Å². The molecule has 0 radical (unpaired) electrons. The van der Waals surface area contributed by atoms with Gasteiger partial charge in [0.25, 0.3) is 5.91 Å². The summed E-state index contributed by atoms with van der Waals surface area (Å²) in [7, 11) is -4.12. The number of nitrogens with one attached hydrogen (secondary N) is 2. The Hall–Kier alpha value is -2.82. The number of carbonyl (C=O) groups excluding carboxylic acids is 2. The van der Waals surface area contributed by atoms with Crippen molar-refractivity contribution in [3.8, 4) is 0 Å². The molecule has 0 heterocycles. The second-order valence-corrected chi connectivity index (χ2v) is 8.49. The van der Waals surface area contributed by atoms with Crippen LogP contribution < -0.4 is 10.0 Å². The molecule has 2 rings (SSSR count). The number of rotatable bonds is 8. The third-order valence-corrected chi connectivity index (χ3v) is 5.61. The summed E-state index contributed by atoms with van der Waals surface area (Å²) < 4.78 is 45.3. The summed E-state index contributed by atoms with van der Waals surface area (Å²) >= 11 is 0. The maximum absolute atomic E-state index is 13.5. The summed E-state index contributed by atoms with van der Waals surface area (Å²) in [6.45, 7) is 3.81. The van der Waals surface area contributed by atoms with Gasteiger partial charge < -0.3 is 15.2 Å². The normalized spacial score (nSPS) is 13.4. The van der Waals surface area contributed by atoms with Crippen molar-refractivity contribution in [2.75, 3.05) is 11.9 Å². The fourth-order valence-electron chi connectivity index (χ4n) is 2.39. The summed E-state index contributed by atoms with van der Waals surface area (Å²) in [6, 6.07) is 8.33. The summed E-state index contributed by atoms with van der Waals surface area (Å²) in [5.41, 5.74) is 1.42. The van der Waals surface area contributed by atoms with E-state index in [4.69, 9.17) is 4.74 Å². The number of amides is 1. The number of anilines is 1. The summed E-state index contributed by atoms with van der Waals surface area (Å²) in [4.78, 5) is 24.1. The number of aliphatic hydroxyl groups excluding tert-OH is 1. The Balaban J connectivity index is 2.00. The van der Waals surface area contributed by atoms with E-state index in [0.29, 0.717) is 5.56 Å². The number of aliphatic hydroxyl groups is 1. The maximum atomic E-state index is 13.5. The van der Waals surface area contributed by atoms with Gasteiger partial charge in [0.05, 0.1) is 11.0 Å². The highest BCUT2D eigenvalue weighted by Crippen LogP contribution is 2.14. The average molecular weight is 438 g/mol. The molecule has 0 aliphatic carbocycles. The molecule has 0 fully saturated rings. The lowest BCUT2D eigenvalue weighted by molar-refractivity contribution is -0.151. The van der Waals surface area contributed by atoms with E-state index in [-0.39, 0.29) is 10.6 Å². The lowest BCUT2D eigenvalue weighted by atomic mass is 10.2. The third-order valence-electron chi connectivity index (χ3n) is 4.15. The number of ether oxygens (including phenoxy) is 1. The largest absolute Gasteiger partial charge is 0.454 e. The first kappa shape index (κ1) is 23.5. The van der Waals surface area contributed by atoms with Gasteiger partial charge in [-0.25, -0.2) is 12.8 Å². The Labute approximate surface area is 174 Å². The van der Waals surface area contributed by atoms with E-state index >= 15 is 0 Å². The zero-order valence-corrected chi connectivity index (χ0v) is 17.5. The van der Waals surface area contributed by atoms with E-state index < -0.39 is 46.5 Å². The highest BCUT2D eigenvalue weighted by atomic mass is 32.2. The van der Waals surface area contributed by atoms with Crippen molar-refractivity contribution >= 4 is 27.6 Å². The molecule has 3 N–H and O–H groups in total. The molecule has 2 aromatic rings. The summed E-state index contributed by atoms with van der Waals surface area (Å²) in [6.07, 6.45) is -1.42. The molecule has 0 saturated carbocycles. The van der Waals surface area contributed by atoms with Crippen LogP contribution in [-0.2, 0) is 24.3 Å². The average Bonchev–Trinajstić information content (AvgIpc) is 2.67. The molecule has 2 aromatic carbocycles. The van der Waals surface area contributed by atoms with Gasteiger partial charge >= 0.3 is 5.97 Å². The molecule has 2 atom stereocenters. The highest BCUT2D eigenvalue weighted by Gasteiger charge is 2.31. The number of hydrogen-bond donors (Lipinski definition) is 3. The van der Waals surface area contributed by atoms with Gasteiger partial charge in [-0.1, -0.05) is 23.8 Å². The minimum atomic E-state index is -4.12. The van der Waals surface area contributed by atoms with Gasteiger partial charge in [0.1, 0.15) is 11.9 Å². The Morgan fingerprint density at radius 1 is 1.13 bits per heavy atom. The second kappa shape index (κ2) is 9.79. The van der Waals surface area contributed by atoms with Gasteiger partial charge in [-0.15, -0.1) is 0 Å². The van der Waals surface area contributed by atoms with Gasteiger partial charge in [0, 0.05) is 5.69 Å². The van der Waals surface area contributed by atoms with Crippen molar-refractivity contribution in [2.24, 2.45) is 0 Å². The quantitative estimate of drug-likeness (QED) is 0.539. The topological polar surface area (TPSA) is 122 Å². The zero-order chi connectivity index (χ0) is 22.5. The zero-order valence-electron chi connectivity index (χ0n) is 16.7. The number of sulfonamides is 1. The van der Waals surface area contributed by atoms with Crippen LogP contribution >= 0.6 is 0 Å². The van der Waals surface area contributed by atoms with Crippen molar-refractivity contribution < 1.29 is 32.2 Å². The first-order valence-corrected chi connectivity index (χ1v) is 10.5. The number of esters is 1. The number of aryl methyl sites for hydroxylation is 2. The molecule has 0 aliphatic heterocycles. The Morgan fingerprint density at radius 3 is 2.33 bits per heavy atom. The summed E-state index contributed by atoms with van der Waals surface area (Å²) in [5, 5.41) is 12.2. The van der Waals surface area contributed by atoms with Crippen molar-refractivity contribution in [3.63, 3.8) is 0 Å². The van der Waals surface area contributed by atoms with Gasteiger partial charge in [-0.2, -0.15) is 4.72 Å². The van der Waals surface area contributed by atoms with Crippen LogP contribution in [0.1, 0.15) is 18.1 Å². The monoisotopic (exact) mass is 438 g/mol. The van der Waals surface area contributed by atoms with Crippen LogP contribution in [0, 0.1) is 19.7 Å². The fraction of sp³-hybridized carbons (Fsp3) is 0.300. The van der Waals surface area contributed by atoms with Crippen LogP contribution in [0.15, 0.2) is 47.4 Å². The first-order valence-electron chi connectivity index (χ1n) is 8.99. The number of benzene rings is 2. The Kier molecular flexibility index (Phi) is 7.65. The SMILES string of the molecule is Cc1ccc(S(=O)(=O)N[C@@H](C(=O)OCC(=O)Nc2ccc(C)c(F)c2)[C@@H](C)O)cc1. The maximum Gasteiger partial charge on any atom is 0.327 e. The van der Waals surface area contributed by atoms with E-state index in [9.17, 15) is 27.5 Å². The number of hydrogen-bond acceptors (Lipinski definition) is 6. The molecule has 0 unspecified atom stereocenters. The van der Waals surface area contributed by atoms with Crippen molar-refractivity contribution in [1.29, 1.82) is 0 Å². The van der Waals surface area contributed by atoms with Crippen molar-refractivity contribution in [1.82, 2.24) is 4.72 Å². The molecule has 30 heavy (non-hydrogen) atoms. The second-order valence-electron chi connectivity index (χ2n) is 6.77. The molecule has 0 bridgehead atoms. The van der Waals surface area contributed by atoms with Crippen molar-refractivity contribution in [2.45, 2.75) is 37.8 Å². The van der Waals surface area contributed by atoms with Crippen LogP contribution in [-0.4, -0.2) is 44.2 Å². The minimum absolute atomic E-state index is 0.0920. The molecule has 162 valence electrons. The molecular formula is C20H23FN2O6S. The van der Waals surface area contributed by atoms with E-state index in [1.807, 2.05) is 0 Å². The minimum Gasteiger partial charge on any atom is -0.454 e. The molecular weight excluding hydrogens is 415 g/mol. The van der Waals surface area contributed by atoms with E-state index in [0.717, 1.165) is 11.6 Å². The lowest BCUT2D eigenvalue weighted by Crippen LogP contribution is -2.48. The summed E-state index contributed by atoms with van der Waals surface area (Å²) in [5.74, 6) is -2.40. The molecule has 1 amide bonds. The molecule has 0 aromatic heterocycles. The molecule has 0 aliphatic rings. The van der Waals surface area contributed by atoms with Crippen LogP contribution in [0.5, 0.6) is 0 Å². The predicted octanol–water partition coefficient (Wildman–Crippen LogP) is 1.65. The third kappa shape index (κ3) is 6.34. The fourth-order valence-corrected chi connectivity index (χ4v) is 3.65. The smallest absolute Gasteiger partial charge is 0.327 e. The molecule has 10 heteroatoms. The van der Waals surface area contributed by atoms with Gasteiger partial charge in [0.15, 0.2) is 6.61 Å². The standard InChI is InChI=1S/C20H23FN2O6S/c1-12-4-8-16(9-5-12)30(27,28)23-19(14(3)24)20(26)29-11-18(25)22-15-7-6-13(2)17(21)10-15/h4-10,14,19,23-24H,11H2,1-3H3,(H,22,25)/t14-,19-/m1/s1. The molecule has 0 saturated heterocycles. The van der Waals surface area contributed by atoms with Gasteiger partial charge in [-0.3, -0.25) is 9.59 Å². The number of halogens is 1.